The average molecular weight is 150 g/mol. The summed E-state index contributed by atoms with van der Waals surface area (Å²) in [6.45, 7) is 1.92. The van der Waals surface area contributed by atoms with Gasteiger partial charge < -0.3 is 9.90 Å². The van der Waals surface area contributed by atoms with Gasteiger partial charge in [0.25, 0.3) is 0 Å². The van der Waals surface area contributed by atoms with Crippen LogP contribution in [-0.4, -0.2) is 11.4 Å². The number of rotatable bonds is 2. The maximum atomic E-state index is 10.2. The van der Waals surface area contributed by atoms with Crippen molar-refractivity contribution in [2.45, 2.75) is 13.0 Å². The lowest BCUT2D eigenvalue weighted by molar-refractivity contribution is -0.115. The highest BCUT2D eigenvalue weighted by Crippen LogP contribution is 2.11. The van der Waals surface area contributed by atoms with E-state index in [1.165, 1.54) is 0 Å². The van der Waals surface area contributed by atoms with Gasteiger partial charge in [-0.05, 0) is 12.5 Å². The summed E-state index contributed by atoms with van der Waals surface area (Å²) in [6.07, 6.45) is -0.454. The summed E-state index contributed by atoms with van der Waals surface area (Å²) in [4.78, 5) is 10.2. The van der Waals surface area contributed by atoms with E-state index in [9.17, 15) is 4.79 Å². The summed E-state index contributed by atoms with van der Waals surface area (Å²) in [5, 5.41) is 9.09. The van der Waals surface area contributed by atoms with Gasteiger partial charge in [-0.3, -0.25) is 0 Å². The highest BCUT2D eigenvalue weighted by atomic mass is 16.3. The molecule has 0 aromatic heterocycles. The van der Waals surface area contributed by atoms with Crippen LogP contribution in [0, 0.1) is 6.92 Å². The summed E-state index contributed by atoms with van der Waals surface area (Å²) < 4.78 is 0. The Balaban J connectivity index is 2.95. The van der Waals surface area contributed by atoms with Crippen LogP contribution in [0.5, 0.6) is 0 Å². The molecular formula is C9H10O2. The third kappa shape index (κ3) is 1.88. The number of benzene rings is 1. The van der Waals surface area contributed by atoms with Crippen molar-refractivity contribution >= 4 is 6.29 Å². The fourth-order valence-corrected chi connectivity index (χ4v) is 0.933. The Bertz CT molecular complexity index is 255. The normalized spacial score (nSPS) is 12.5. The monoisotopic (exact) mass is 150 g/mol. The van der Waals surface area contributed by atoms with Crippen LogP contribution in [0.4, 0.5) is 0 Å². The van der Waals surface area contributed by atoms with Crippen LogP contribution in [-0.2, 0) is 4.79 Å². The van der Waals surface area contributed by atoms with Crippen LogP contribution in [0.1, 0.15) is 17.2 Å². The third-order valence-corrected chi connectivity index (χ3v) is 1.51. The Morgan fingerprint density at radius 2 is 2.27 bits per heavy atom. The number of aliphatic hydroxyl groups excluding tert-OH is 1. The van der Waals surface area contributed by atoms with Crippen LogP contribution < -0.4 is 0 Å². The number of aryl methyl sites for hydroxylation is 1. The van der Waals surface area contributed by atoms with Gasteiger partial charge in [0, 0.05) is 0 Å². The molecule has 1 rings (SSSR count). The lowest BCUT2D eigenvalue weighted by atomic mass is 10.1. The van der Waals surface area contributed by atoms with Gasteiger partial charge in [-0.15, -0.1) is 0 Å². The van der Waals surface area contributed by atoms with Gasteiger partial charge in [-0.25, -0.2) is 0 Å². The quantitative estimate of drug-likeness (QED) is 0.644. The molecule has 1 aromatic carbocycles. The van der Waals surface area contributed by atoms with E-state index in [0.717, 1.165) is 5.56 Å². The number of carbonyl (C=O) groups is 1. The minimum atomic E-state index is -0.977. The summed E-state index contributed by atoms with van der Waals surface area (Å²) >= 11 is 0. The molecule has 2 nitrogen and oxygen atoms in total. The molecule has 0 saturated carbocycles. The predicted molar refractivity (Wildman–Crippen MR) is 42.2 cm³/mol. The Labute approximate surface area is 65.5 Å². The summed E-state index contributed by atoms with van der Waals surface area (Å²) in [6, 6.07) is 7.25. The smallest absolute Gasteiger partial charge is 0.153 e. The van der Waals surface area contributed by atoms with Crippen LogP contribution >= 0.6 is 0 Å². The van der Waals surface area contributed by atoms with Gasteiger partial charge in [-0.1, -0.05) is 29.8 Å². The largest absolute Gasteiger partial charge is 0.381 e. The van der Waals surface area contributed by atoms with Gasteiger partial charge in [0.1, 0.15) is 6.10 Å². The van der Waals surface area contributed by atoms with E-state index < -0.39 is 6.10 Å². The molecule has 0 aliphatic heterocycles. The van der Waals surface area contributed by atoms with Gasteiger partial charge in [0.2, 0.25) is 0 Å². The van der Waals surface area contributed by atoms with E-state index in [1.807, 2.05) is 19.1 Å². The molecule has 1 atom stereocenters. The number of hydrogen-bond acceptors (Lipinski definition) is 2. The standard InChI is InChI=1S/C9H10O2/c1-7-3-2-4-8(5-7)9(11)6-10/h2-6,9,11H,1H3. The fourth-order valence-electron chi connectivity index (χ4n) is 0.933. The SMILES string of the molecule is Cc1cccc(C(O)C=O)c1. The van der Waals surface area contributed by atoms with Crippen molar-refractivity contribution in [2.24, 2.45) is 0 Å². The molecule has 1 aromatic rings. The Morgan fingerprint density at radius 1 is 1.55 bits per heavy atom. The maximum absolute atomic E-state index is 10.2. The molecular weight excluding hydrogens is 140 g/mol. The van der Waals surface area contributed by atoms with E-state index in [-0.39, 0.29) is 0 Å². The number of carbonyl (C=O) groups excluding carboxylic acids is 1. The van der Waals surface area contributed by atoms with E-state index in [0.29, 0.717) is 11.8 Å². The molecule has 0 saturated heterocycles. The van der Waals surface area contributed by atoms with E-state index >= 15 is 0 Å². The molecule has 0 heterocycles. The van der Waals surface area contributed by atoms with Gasteiger partial charge in [-0.2, -0.15) is 0 Å². The molecule has 0 aliphatic carbocycles. The fraction of sp³-hybridized carbons (Fsp3) is 0.222. The first-order valence-electron chi connectivity index (χ1n) is 3.44. The minimum absolute atomic E-state index is 0.523. The lowest BCUT2D eigenvalue weighted by Gasteiger charge is -2.02. The molecule has 1 N–H and O–H groups in total. The number of aldehydes is 1. The zero-order valence-electron chi connectivity index (χ0n) is 6.32. The summed E-state index contributed by atoms with van der Waals surface area (Å²) in [5.74, 6) is 0. The Morgan fingerprint density at radius 3 is 2.82 bits per heavy atom. The summed E-state index contributed by atoms with van der Waals surface area (Å²) in [5.41, 5.74) is 1.70. The van der Waals surface area contributed by atoms with E-state index in [1.54, 1.807) is 12.1 Å². The minimum Gasteiger partial charge on any atom is -0.381 e. The molecule has 0 bridgehead atoms. The zero-order chi connectivity index (χ0) is 8.27. The number of aliphatic hydroxyl groups is 1. The van der Waals surface area contributed by atoms with E-state index in [4.69, 9.17) is 5.11 Å². The molecule has 0 spiro atoms. The highest BCUT2D eigenvalue weighted by Gasteiger charge is 2.03. The molecule has 0 fully saturated rings. The van der Waals surface area contributed by atoms with Crippen molar-refractivity contribution in [3.63, 3.8) is 0 Å². The van der Waals surface area contributed by atoms with Crippen LogP contribution in [0.25, 0.3) is 0 Å². The van der Waals surface area contributed by atoms with Gasteiger partial charge >= 0.3 is 0 Å². The molecule has 2 heteroatoms. The first-order chi connectivity index (χ1) is 5.24. The van der Waals surface area contributed by atoms with Crippen LogP contribution in [0.15, 0.2) is 24.3 Å². The van der Waals surface area contributed by atoms with Crippen molar-refractivity contribution in [1.29, 1.82) is 0 Å². The van der Waals surface area contributed by atoms with Gasteiger partial charge in [0.15, 0.2) is 6.29 Å². The van der Waals surface area contributed by atoms with Crippen LogP contribution in [0.3, 0.4) is 0 Å². The highest BCUT2D eigenvalue weighted by molar-refractivity contribution is 5.59. The van der Waals surface area contributed by atoms with Gasteiger partial charge in [0.05, 0.1) is 0 Å². The van der Waals surface area contributed by atoms with Crippen molar-refractivity contribution < 1.29 is 9.90 Å². The second kappa shape index (κ2) is 3.30. The Hall–Kier alpha value is -1.15. The van der Waals surface area contributed by atoms with Crippen molar-refractivity contribution in [2.75, 3.05) is 0 Å². The topological polar surface area (TPSA) is 37.3 Å². The molecule has 1 unspecified atom stereocenters. The molecule has 11 heavy (non-hydrogen) atoms. The molecule has 0 amide bonds. The second-order valence-electron chi connectivity index (χ2n) is 2.50. The summed E-state index contributed by atoms with van der Waals surface area (Å²) in [7, 11) is 0. The molecule has 0 radical (unpaired) electrons. The van der Waals surface area contributed by atoms with E-state index in [2.05, 4.69) is 0 Å². The lowest BCUT2D eigenvalue weighted by Crippen LogP contribution is -1.97. The third-order valence-electron chi connectivity index (χ3n) is 1.51. The second-order valence-corrected chi connectivity index (χ2v) is 2.50. The Kier molecular flexibility index (Phi) is 2.39. The maximum Gasteiger partial charge on any atom is 0.153 e. The van der Waals surface area contributed by atoms with Crippen molar-refractivity contribution in [1.82, 2.24) is 0 Å². The first kappa shape index (κ1) is 7.95. The predicted octanol–water partition coefficient (Wildman–Crippen LogP) is 1.23. The number of hydrogen-bond donors (Lipinski definition) is 1. The first-order valence-corrected chi connectivity index (χ1v) is 3.44. The van der Waals surface area contributed by atoms with Crippen LogP contribution in [0.2, 0.25) is 0 Å². The zero-order valence-corrected chi connectivity index (χ0v) is 6.32. The van der Waals surface area contributed by atoms with Crippen molar-refractivity contribution in [3.05, 3.63) is 35.4 Å². The molecule has 58 valence electrons. The molecule has 0 aliphatic rings. The average Bonchev–Trinajstić information content (AvgIpc) is 2.03. The van der Waals surface area contributed by atoms with Crippen molar-refractivity contribution in [3.8, 4) is 0 Å².